The van der Waals surface area contributed by atoms with Gasteiger partial charge >= 0.3 is 0 Å². The minimum atomic E-state index is -0.623. The third-order valence-corrected chi connectivity index (χ3v) is 4.46. The van der Waals surface area contributed by atoms with Crippen LogP contribution in [0.3, 0.4) is 0 Å². The molecule has 1 heterocycles. The lowest BCUT2D eigenvalue weighted by Crippen LogP contribution is -2.42. The van der Waals surface area contributed by atoms with Gasteiger partial charge in [-0.1, -0.05) is 13.8 Å². The Kier molecular flexibility index (Phi) is 4.98. The van der Waals surface area contributed by atoms with Crippen LogP contribution in [0.2, 0.25) is 0 Å². The first-order valence-corrected chi connectivity index (χ1v) is 7.12. The molecule has 0 bridgehead atoms. The molecule has 0 saturated heterocycles. The predicted octanol–water partition coefficient (Wildman–Crippen LogP) is 3.35. The van der Waals surface area contributed by atoms with Gasteiger partial charge in [0.05, 0.1) is 9.39 Å². The number of halogens is 1. The van der Waals surface area contributed by atoms with Crippen molar-refractivity contribution < 1.29 is 5.11 Å². The molecule has 4 heteroatoms. The van der Waals surface area contributed by atoms with Crippen molar-refractivity contribution >= 4 is 27.3 Å². The average molecular weight is 306 g/mol. The molecule has 2 nitrogen and oxygen atoms in total. The topological polar surface area (TPSA) is 23.5 Å². The maximum absolute atomic E-state index is 10.2. The molecule has 0 aliphatic carbocycles. The number of rotatable bonds is 5. The van der Waals surface area contributed by atoms with Crippen molar-refractivity contribution in [3.63, 3.8) is 0 Å². The molecule has 0 radical (unpaired) electrons. The van der Waals surface area contributed by atoms with Crippen LogP contribution in [0.15, 0.2) is 15.2 Å². The molecule has 1 unspecified atom stereocenters. The molecule has 0 aromatic carbocycles. The van der Waals surface area contributed by atoms with E-state index in [0.717, 1.165) is 10.3 Å². The van der Waals surface area contributed by atoms with E-state index >= 15 is 0 Å². The van der Waals surface area contributed by atoms with E-state index in [-0.39, 0.29) is 5.92 Å². The van der Waals surface area contributed by atoms with Gasteiger partial charge in [-0.3, -0.25) is 4.90 Å². The second-order valence-corrected chi connectivity index (χ2v) is 7.23. The standard InChI is InChI=1S/C12H20BrNOS/c1-9(2)12(3,15)8-14(4)6-10-5-11(13)16-7-10/h5,7,9,15H,6,8H2,1-4H3. The number of hydrogen-bond donors (Lipinski definition) is 1. The van der Waals surface area contributed by atoms with Crippen LogP contribution in [-0.4, -0.2) is 29.2 Å². The molecule has 1 atom stereocenters. The lowest BCUT2D eigenvalue weighted by molar-refractivity contribution is -0.0146. The van der Waals surface area contributed by atoms with Crippen molar-refractivity contribution in [1.29, 1.82) is 0 Å². The van der Waals surface area contributed by atoms with E-state index in [1.807, 2.05) is 14.0 Å². The Balaban J connectivity index is 2.50. The van der Waals surface area contributed by atoms with Gasteiger partial charge in [-0.05, 0) is 52.8 Å². The highest BCUT2D eigenvalue weighted by Crippen LogP contribution is 2.23. The molecule has 0 fully saturated rings. The van der Waals surface area contributed by atoms with Gasteiger partial charge in [0.25, 0.3) is 0 Å². The molecule has 0 aliphatic rings. The Morgan fingerprint density at radius 3 is 2.62 bits per heavy atom. The summed E-state index contributed by atoms with van der Waals surface area (Å²) in [6.07, 6.45) is 0. The summed E-state index contributed by atoms with van der Waals surface area (Å²) in [5.74, 6) is 0.268. The van der Waals surface area contributed by atoms with Gasteiger partial charge in [0.1, 0.15) is 0 Å². The molecule has 0 saturated carbocycles. The summed E-state index contributed by atoms with van der Waals surface area (Å²) in [7, 11) is 2.04. The Morgan fingerprint density at radius 1 is 1.56 bits per heavy atom. The molecule has 16 heavy (non-hydrogen) atoms. The van der Waals surface area contributed by atoms with Gasteiger partial charge in [0.15, 0.2) is 0 Å². The largest absolute Gasteiger partial charge is 0.389 e. The van der Waals surface area contributed by atoms with E-state index in [1.165, 1.54) is 5.56 Å². The van der Waals surface area contributed by atoms with E-state index in [0.29, 0.717) is 6.54 Å². The number of aliphatic hydroxyl groups is 1. The Labute approximate surface area is 110 Å². The highest BCUT2D eigenvalue weighted by molar-refractivity contribution is 9.11. The van der Waals surface area contributed by atoms with Crippen molar-refractivity contribution in [3.8, 4) is 0 Å². The summed E-state index contributed by atoms with van der Waals surface area (Å²) in [4.78, 5) is 2.16. The summed E-state index contributed by atoms with van der Waals surface area (Å²) in [5.41, 5.74) is 0.668. The molecule has 92 valence electrons. The van der Waals surface area contributed by atoms with Crippen LogP contribution in [0, 0.1) is 5.92 Å². The number of thiophene rings is 1. The molecule has 0 aliphatic heterocycles. The van der Waals surface area contributed by atoms with Gasteiger partial charge in [-0.2, -0.15) is 0 Å². The van der Waals surface area contributed by atoms with Crippen molar-refractivity contribution in [2.75, 3.05) is 13.6 Å². The lowest BCUT2D eigenvalue weighted by Gasteiger charge is -2.32. The number of likely N-dealkylation sites (N-methyl/N-ethyl adjacent to an activating group) is 1. The molecule has 1 N–H and O–H groups in total. The van der Waals surface area contributed by atoms with E-state index in [1.54, 1.807) is 11.3 Å². The maximum atomic E-state index is 10.2. The Morgan fingerprint density at radius 2 is 2.19 bits per heavy atom. The maximum Gasteiger partial charge on any atom is 0.0768 e. The van der Waals surface area contributed by atoms with Crippen LogP contribution in [0.4, 0.5) is 0 Å². The van der Waals surface area contributed by atoms with Crippen molar-refractivity contribution in [3.05, 3.63) is 20.8 Å². The fourth-order valence-electron chi connectivity index (χ4n) is 1.53. The Bertz CT molecular complexity index is 336. The van der Waals surface area contributed by atoms with Gasteiger partial charge in [-0.25, -0.2) is 0 Å². The monoisotopic (exact) mass is 305 g/mol. The minimum Gasteiger partial charge on any atom is -0.389 e. The Hall–Kier alpha value is 0.100. The zero-order valence-corrected chi connectivity index (χ0v) is 12.7. The quantitative estimate of drug-likeness (QED) is 0.902. The van der Waals surface area contributed by atoms with Crippen molar-refractivity contribution in [2.45, 2.75) is 32.9 Å². The van der Waals surface area contributed by atoms with E-state index < -0.39 is 5.60 Å². The van der Waals surface area contributed by atoms with Gasteiger partial charge in [0, 0.05) is 13.1 Å². The average Bonchev–Trinajstić information content (AvgIpc) is 2.49. The lowest BCUT2D eigenvalue weighted by atomic mass is 9.92. The van der Waals surface area contributed by atoms with Crippen LogP contribution in [0.5, 0.6) is 0 Å². The van der Waals surface area contributed by atoms with E-state index in [2.05, 4.69) is 46.1 Å². The van der Waals surface area contributed by atoms with Crippen LogP contribution in [-0.2, 0) is 6.54 Å². The molecule has 0 amide bonds. The van der Waals surface area contributed by atoms with Gasteiger partial charge < -0.3 is 5.11 Å². The fourth-order valence-corrected chi connectivity index (χ4v) is 2.73. The third kappa shape index (κ3) is 4.17. The van der Waals surface area contributed by atoms with Crippen LogP contribution >= 0.6 is 27.3 Å². The predicted molar refractivity (Wildman–Crippen MR) is 73.8 cm³/mol. The fraction of sp³-hybridized carbons (Fsp3) is 0.667. The number of nitrogens with zero attached hydrogens (tertiary/aromatic N) is 1. The van der Waals surface area contributed by atoms with Gasteiger partial charge in [0.2, 0.25) is 0 Å². The highest BCUT2D eigenvalue weighted by Gasteiger charge is 2.26. The van der Waals surface area contributed by atoms with Crippen LogP contribution < -0.4 is 0 Å². The summed E-state index contributed by atoms with van der Waals surface area (Å²) in [5, 5.41) is 12.3. The summed E-state index contributed by atoms with van der Waals surface area (Å²) < 4.78 is 1.16. The molecule has 1 aromatic heterocycles. The van der Waals surface area contributed by atoms with E-state index in [4.69, 9.17) is 0 Å². The summed E-state index contributed by atoms with van der Waals surface area (Å²) >= 11 is 5.16. The van der Waals surface area contributed by atoms with Gasteiger partial charge in [-0.15, -0.1) is 11.3 Å². The smallest absolute Gasteiger partial charge is 0.0768 e. The molecule has 1 aromatic rings. The SMILES string of the molecule is CC(C)C(C)(O)CN(C)Cc1csc(Br)c1. The molecule has 1 rings (SSSR count). The third-order valence-electron chi connectivity index (χ3n) is 2.91. The van der Waals surface area contributed by atoms with Crippen LogP contribution in [0.1, 0.15) is 26.3 Å². The van der Waals surface area contributed by atoms with Crippen molar-refractivity contribution in [2.24, 2.45) is 5.92 Å². The molecule has 0 spiro atoms. The van der Waals surface area contributed by atoms with E-state index in [9.17, 15) is 5.11 Å². The summed E-state index contributed by atoms with van der Waals surface area (Å²) in [6.45, 7) is 7.57. The summed E-state index contributed by atoms with van der Waals surface area (Å²) in [6, 6.07) is 2.13. The zero-order valence-electron chi connectivity index (χ0n) is 10.3. The van der Waals surface area contributed by atoms with Crippen molar-refractivity contribution in [1.82, 2.24) is 4.90 Å². The normalized spacial score (nSPS) is 15.8. The molecular formula is C12H20BrNOS. The first kappa shape index (κ1) is 14.2. The minimum absolute atomic E-state index is 0.268. The number of hydrogen-bond acceptors (Lipinski definition) is 3. The molecular weight excluding hydrogens is 286 g/mol. The second kappa shape index (κ2) is 5.63. The first-order valence-electron chi connectivity index (χ1n) is 5.45. The first-order chi connectivity index (χ1) is 7.31. The zero-order chi connectivity index (χ0) is 12.3. The second-order valence-electron chi connectivity index (χ2n) is 4.94. The van der Waals surface area contributed by atoms with Crippen LogP contribution in [0.25, 0.3) is 0 Å². The highest BCUT2D eigenvalue weighted by atomic mass is 79.9.